The van der Waals surface area contributed by atoms with E-state index < -0.39 is 11.7 Å². The molecule has 0 aliphatic heterocycles. The number of nitrogens with zero attached hydrogens (tertiary/aromatic N) is 2. The van der Waals surface area contributed by atoms with Crippen molar-refractivity contribution in [3.63, 3.8) is 0 Å². The van der Waals surface area contributed by atoms with Gasteiger partial charge in [-0.2, -0.15) is 18.2 Å². The van der Waals surface area contributed by atoms with Crippen LogP contribution in [0, 0.1) is 0 Å². The normalized spacial score (nSPS) is 13.3. The zero-order valence-electron chi connectivity index (χ0n) is 13.0. The lowest BCUT2D eigenvalue weighted by Crippen LogP contribution is -2.15. The Bertz CT molecular complexity index is 723. The van der Waals surface area contributed by atoms with Crippen LogP contribution in [0.3, 0.4) is 0 Å². The summed E-state index contributed by atoms with van der Waals surface area (Å²) in [6.45, 7) is 5.81. The van der Waals surface area contributed by atoms with Gasteiger partial charge in [0.05, 0.1) is 5.56 Å². The molecule has 124 valence electrons. The van der Waals surface area contributed by atoms with Crippen molar-refractivity contribution in [2.45, 2.75) is 43.4 Å². The highest BCUT2D eigenvalue weighted by Crippen LogP contribution is 2.36. The molecule has 0 bridgehead atoms. The molecule has 0 fully saturated rings. The predicted octanol–water partition coefficient (Wildman–Crippen LogP) is 4.70. The average molecular weight is 342 g/mol. The zero-order chi connectivity index (χ0) is 17.2. The maximum Gasteiger partial charge on any atom is 0.416 e. The SMILES string of the molecule is CC(Sc1nc(=O)ccn1C(C)C)c1ccc(C(F)(F)F)cc1. The first-order valence-electron chi connectivity index (χ1n) is 7.11. The molecule has 1 aromatic carbocycles. The lowest BCUT2D eigenvalue weighted by molar-refractivity contribution is -0.137. The lowest BCUT2D eigenvalue weighted by Gasteiger charge is -2.18. The van der Waals surface area contributed by atoms with E-state index >= 15 is 0 Å². The van der Waals surface area contributed by atoms with Crippen LogP contribution in [0.2, 0.25) is 0 Å². The molecule has 1 heterocycles. The van der Waals surface area contributed by atoms with Gasteiger partial charge in [-0.15, -0.1) is 0 Å². The molecule has 0 spiro atoms. The van der Waals surface area contributed by atoms with Gasteiger partial charge in [0, 0.05) is 23.6 Å². The molecule has 0 N–H and O–H groups in total. The van der Waals surface area contributed by atoms with Crippen molar-refractivity contribution in [1.29, 1.82) is 0 Å². The van der Waals surface area contributed by atoms with Crippen LogP contribution in [0.5, 0.6) is 0 Å². The highest BCUT2D eigenvalue weighted by molar-refractivity contribution is 7.99. The fourth-order valence-electron chi connectivity index (χ4n) is 2.05. The standard InChI is InChI=1S/C16H17F3N2OS/c1-10(2)21-9-8-14(22)20-15(21)23-11(3)12-4-6-13(7-5-12)16(17,18)19/h4-11H,1-3H3. The second-order valence-corrected chi connectivity index (χ2v) is 6.74. The van der Waals surface area contributed by atoms with E-state index in [1.54, 1.807) is 6.20 Å². The summed E-state index contributed by atoms with van der Waals surface area (Å²) >= 11 is 1.35. The van der Waals surface area contributed by atoms with Gasteiger partial charge >= 0.3 is 6.18 Å². The van der Waals surface area contributed by atoms with Gasteiger partial charge in [-0.1, -0.05) is 23.9 Å². The molecule has 23 heavy (non-hydrogen) atoms. The first-order chi connectivity index (χ1) is 10.7. The Balaban J connectivity index is 2.24. The van der Waals surface area contributed by atoms with Crippen molar-refractivity contribution in [2.24, 2.45) is 0 Å². The number of benzene rings is 1. The number of hydrogen-bond acceptors (Lipinski definition) is 3. The lowest BCUT2D eigenvalue weighted by atomic mass is 10.1. The average Bonchev–Trinajstić information content (AvgIpc) is 2.46. The molecule has 0 radical (unpaired) electrons. The summed E-state index contributed by atoms with van der Waals surface area (Å²) in [4.78, 5) is 15.5. The Kier molecular flexibility index (Phi) is 5.19. The number of aromatic nitrogens is 2. The summed E-state index contributed by atoms with van der Waals surface area (Å²) in [7, 11) is 0. The fourth-order valence-corrected chi connectivity index (χ4v) is 3.19. The predicted molar refractivity (Wildman–Crippen MR) is 84.6 cm³/mol. The quantitative estimate of drug-likeness (QED) is 0.597. The third-order valence-electron chi connectivity index (χ3n) is 3.35. The maximum atomic E-state index is 12.6. The Morgan fingerprint density at radius 3 is 2.22 bits per heavy atom. The second-order valence-electron chi connectivity index (χ2n) is 5.43. The molecule has 0 saturated carbocycles. The van der Waals surface area contributed by atoms with Crippen LogP contribution in [0.1, 0.15) is 43.2 Å². The van der Waals surface area contributed by atoms with E-state index in [0.29, 0.717) is 5.16 Å². The summed E-state index contributed by atoms with van der Waals surface area (Å²) in [5, 5.41) is 0.427. The van der Waals surface area contributed by atoms with Crippen LogP contribution in [0.15, 0.2) is 46.5 Å². The summed E-state index contributed by atoms with van der Waals surface area (Å²) in [5.74, 6) is 0. The number of thioether (sulfide) groups is 1. The Labute approximate surface area is 136 Å². The number of alkyl halides is 3. The molecular formula is C16H17F3N2OS. The Morgan fingerprint density at radius 2 is 1.70 bits per heavy atom. The first-order valence-corrected chi connectivity index (χ1v) is 7.99. The third-order valence-corrected chi connectivity index (χ3v) is 4.49. The summed E-state index contributed by atoms with van der Waals surface area (Å²) in [6, 6.07) is 6.58. The molecule has 0 aliphatic carbocycles. The van der Waals surface area contributed by atoms with Crippen molar-refractivity contribution in [3.8, 4) is 0 Å². The molecule has 0 aliphatic rings. The maximum absolute atomic E-state index is 12.6. The first kappa shape index (κ1) is 17.6. The van der Waals surface area contributed by atoms with E-state index in [2.05, 4.69) is 4.98 Å². The van der Waals surface area contributed by atoms with E-state index in [-0.39, 0.29) is 16.9 Å². The summed E-state index contributed by atoms with van der Waals surface area (Å²) in [5.41, 5.74) is -0.254. The topological polar surface area (TPSA) is 34.9 Å². The molecule has 3 nitrogen and oxygen atoms in total. The number of hydrogen-bond donors (Lipinski definition) is 0. The number of halogens is 3. The van der Waals surface area contributed by atoms with Crippen LogP contribution >= 0.6 is 11.8 Å². The van der Waals surface area contributed by atoms with Crippen molar-refractivity contribution in [1.82, 2.24) is 9.55 Å². The van der Waals surface area contributed by atoms with Gasteiger partial charge in [0.25, 0.3) is 5.56 Å². The van der Waals surface area contributed by atoms with Crippen LogP contribution in [0.4, 0.5) is 13.2 Å². The fraction of sp³-hybridized carbons (Fsp3) is 0.375. The Hall–Kier alpha value is -1.76. The minimum atomic E-state index is -4.34. The van der Waals surface area contributed by atoms with Crippen LogP contribution in [-0.2, 0) is 6.18 Å². The minimum Gasteiger partial charge on any atom is -0.325 e. The van der Waals surface area contributed by atoms with Crippen molar-refractivity contribution in [2.75, 3.05) is 0 Å². The van der Waals surface area contributed by atoms with Gasteiger partial charge in [0.2, 0.25) is 0 Å². The van der Waals surface area contributed by atoms with Gasteiger partial charge in [0.15, 0.2) is 5.16 Å². The molecule has 7 heteroatoms. The van der Waals surface area contributed by atoms with Crippen molar-refractivity contribution < 1.29 is 13.2 Å². The largest absolute Gasteiger partial charge is 0.416 e. The Morgan fingerprint density at radius 1 is 1.09 bits per heavy atom. The van der Waals surface area contributed by atoms with Crippen LogP contribution in [-0.4, -0.2) is 9.55 Å². The highest BCUT2D eigenvalue weighted by Gasteiger charge is 2.30. The van der Waals surface area contributed by atoms with Gasteiger partial charge < -0.3 is 4.57 Å². The van der Waals surface area contributed by atoms with Crippen molar-refractivity contribution in [3.05, 3.63) is 58.0 Å². The molecular weight excluding hydrogens is 325 g/mol. The molecule has 2 aromatic rings. The molecule has 0 saturated heterocycles. The van der Waals surface area contributed by atoms with E-state index in [9.17, 15) is 18.0 Å². The van der Waals surface area contributed by atoms with Crippen LogP contribution < -0.4 is 5.56 Å². The van der Waals surface area contributed by atoms with Gasteiger partial charge in [-0.05, 0) is 38.5 Å². The smallest absolute Gasteiger partial charge is 0.325 e. The summed E-state index contributed by atoms with van der Waals surface area (Å²) < 4.78 is 39.7. The molecule has 2 rings (SSSR count). The molecule has 0 amide bonds. The van der Waals surface area contributed by atoms with Gasteiger partial charge in [-0.3, -0.25) is 4.79 Å². The monoisotopic (exact) mass is 342 g/mol. The summed E-state index contributed by atoms with van der Waals surface area (Å²) in [6.07, 6.45) is -2.66. The van der Waals surface area contributed by atoms with E-state index in [0.717, 1.165) is 17.7 Å². The van der Waals surface area contributed by atoms with Gasteiger partial charge in [0.1, 0.15) is 0 Å². The van der Waals surface area contributed by atoms with Crippen molar-refractivity contribution >= 4 is 11.8 Å². The van der Waals surface area contributed by atoms with Crippen LogP contribution in [0.25, 0.3) is 0 Å². The minimum absolute atomic E-state index is 0.128. The molecule has 1 atom stereocenters. The van der Waals surface area contributed by atoms with E-state index in [1.165, 1.54) is 30.0 Å². The number of rotatable bonds is 4. The molecule has 1 aromatic heterocycles. The zero-order valence-corrected chi connectivity index (χ0v) is 13.8. The van der Waals surface area contributed by atoms with E-state index in [4.69, 9.17) is 0 Å². The second kappa shape index (κ2) is 6.78. The van der Waals surface area contributed by atoms with E-state index in [1.807, 2.05) is 25.3 Å². The van der Waals surface area contributed by atoms with Gasteiger partial charge in [-0.25, -0.2) is 0 Å². The third kappa shape index (κ3) is 4.37. The molecule has 1 unspecified atom stereocenters. The highest BCUT2D eigenvalue weighted by atomic mass is 32.2.